The standard InChI is InChI=1S/C18H25FN4/c19-15-10-13(11-20)7-8-18(15)23-9-3-4-14(12-23)22-17-6-2-1-5-16(17)21/h7-8,10,14,16-17,22H,1-6,9,12,21H2/t14-,16+,17+/m0/s1. The van der Waals surface area contributed by atoms with Crippen LogP contribution in [0.15, 0.2) is 18.2 Å². The number of nitrogens with zero attached hydrogens (tertiary/aromatic N) is 2. The minimum atomic E-state index is -0.306. The van der Waals surface area contributed by atoms with Gasteiger partial charge in [0.05, 0.1) is 17.3 Å². The quantitative estimate of drug-likeness (QED) is 0.899. The summed E-state index contributed by atoms with van der Waals surface area (Å²) in [6, 6.07) is 7.70. The van der Waals surface area contributed by atoms with E-state index < -0.39 is 0 Å². The number of piperidine rings is 1. The van der Waals surface area contributed by atoms with Crippen molar-refractivity contribution in [3.8, 4) is 6.07 Å². The van der Waals surface area contributed by atoms with E-state index in [1.807, 2.05) is 6.07 Å². The molecule has 1 saturated carbocycles. The van der Waals surface area contributed by atoms with Gasteiger partial charge in [-0.05, 0) is 43.9 Å². The summed E-state index contributed by atoms with van der Waals surface area (Å²) in [4.78, 5) is 2.09. The SMILES string of the molecule is N#Cc1ccc(N2CCC[C@H](N[C@@H]3CCCC[C@H]3N)C2)c(F)c1. The molecule has 5 heteroatoms. The van der Waals surface area contributed by atoms with Gasteiger partial charge in [0.1, 0.15) is 5.82 Å². The second-order valence-electron chi connectivity index (χ2n) is 6.78. The fourth-order valence-corrected chi connectivity index (χ4v) is 3.83. The largest absolute Gasteiger partial charge is 0.368 e. The van der Waals surface area contributed by atoms with Crippen molar-refractivity contribution in [2.75, 3.05) is 18.0 Å². The lowest BCUT2D eigenvalue weighted by Crippen LogP contribution is -2.55. The number of nitrogens with one attached hydrogen (secondary N) is 1. The summed E-state index contributed by atoms with van der Waals surface area (Å²) in [5.41, 5.74) is 7.20. The molecule has 1 heterocycles. The van der Waals surface area contributed by atoms with Crippen LogP contribution in [0.1, 0.15) is 44.1 Å². The van der Waals surface area contributed by atoms with Gasteiger partial charge in [0.15, 0.2) is 0 Å². The van der Waals surface area contributed by atoms with Gasteiger partial charge in [-0.15, -0.1) is 0 Å². The Balaban J connectivity index is 1.65. The normalized spacial score (nSPS) is 28.4. The number of nitriles is 1. The molecule has 0 amide bonds. The first-order valence-corrected chi connectivity index (χ1v) is 8.63. The van der Waals surface area contributed by atoms with Crippen molar-refractivity contribution >= 4 is 5.69 Å². The van der Waals surface area contributed by atoms with E-state index in [1.54, 1.807) is 12.1 Å². The molecule has 3 atom stereocenters. The van der Waals surface area contributed by atoms with Crippen LogP contribution < -0.4 is 16.0 Å². The first kappa shape index (κ1) is 16.2. The molecule has 0 bridgehead atoms. The number of benzene rings is 1. The molecule has 4 nitrogen and oxygen atoms in total. The maximum absolute atomic E-state index is 14.2. The molecule has 2 fully saturated rings. The molecule has 1 aromatic rings. The lowest BCUT2D eigenvalue weighted by molar-refractivity contribution is 0.282. The van der Waals surface area contributed by atoms with Crippen molar-refractivity contribution in [1.82, 2.24) is 5.32 Å². The zero-order chi connectivity index (χ0) is 16.2. The molecule has 1 aliphatic carbocycles. The molecule has 0 radical (unpaired) electrons. The molecular weight excluding hydrogens is 291 g/mol. The van der Waals surface area contributed by atoms with Gasteiger partial charge in [0.2, 0.25) is 0 Å². The van der Waals surface area contributed by atoms with Gasteiger partial charge in [-0.25, -0.2) is 4.39 Å². The Kier molecular flexibility index (Phi) is 5.14. The van der Waals surface area contributed by atoms with Gasteiger partial charge in [-0.2, -0.15) is 5.26 Å². The molecule has 0 unspecified atom stereocenters. The molecule has 3 N–H and O–H groups in total. The van der Waals surface area contributed by atoms with E-state index in [4.69, 9.17) is 11.0 Å². The Hall–Kier alpha value is -1.64. The highest BCUT2D eigenvalue weighted by atomic mass is 19.1. The summed E-state index contributed by atoms with van der Waals surface area (Å²) in [7, 11) is 0. The zero-order valence-electron chi connectivity index (χ0n) is 13.5. The molecule has 23 heavy (non-hydrogen) atoms. The number of anilines is 1. The Bertz CT molecular complexity index is 583. The summed E-state index contributed by atoms with van der Waals surface area (Å²) < 4.78 is 14.2. The number of hydrogen-bond donors (Lipinski definition) is 2. The van der Waals surface area contributed by atoms with Crippen molar-refractivity contribution in [1.29, 1.82) is 5.26 Å². The Morgan fingerprint density at radius 1 is 1.22 bits per heavy atom. The molecular formula is C18H25FN4. The molecule has 1 saturated heterocycles. The van der Waals surface area contributed by atoms with Gasteiger partial charge in [-0.1, -0.05) is 12.8 Å². The third-order valence-corrected chi connectivity index (χ3v) is 5.11. The van der Waals surface area contributed by atoms with Crippen molar-refractivity contribution < 1.29 is 4.39 Å². The lowest BCUT2D eigenvalue weighted by atomic mass is 9.89. The number of hydrogen-bond acceptors (Lipinski definition) is 4. The van der Waals surface area contributed by atoms with E-state index >= 15 is 0 Å². The maximum atomic E-state index is 14.2. The monoisotopic (exact) mass is 316 g/mol. The molecule has 0 aromatic heterocycles. The van der Waals surface area contributed by atoms with E-state index in [0.717, 1.165) is 38.8 Å². The van der Waals surface area contributed by atoms with Gasteiger partial charge in [-0.3, -0.25) is 0 Å². The van der Waals surface area contributed by atoms with Crippen LogP contribution in [0.2, 0.25) is 0 Å². The highest BCUT2D eigenvalue weighted by Gasteiger charge is 2.27. The molecule has 3 rings (SSSR count). The molecule has 2 aliphatic rings. The van der Waals surface area contributed by atoms with E-state index in [1.165, 1.54) is 18.9 Å². The van der Waals surface area contributed by atoms with Gasteiger partial charge in [0, 0.05) is 31.2 Å². The predicted octanol–water partition coefficient (Wildman–Crippen LogP) is 2.53. The Labute approximate surface area is 137 Å². The van der Waals surface area contributed by atoms with Crippen LogP contribution in [0.25, 0.3) is 0 Å². The molecule has 0 spiro atoms. The fourth-order valence-electron chi connectivity index (χ4n) is 3.83. The topological polar surface area (TPSA) is 65.1 Å². The van der Waals surface area contributed by atoms with Crippen LogP contribution in [-0.2, 0) is 0 Å². The van der Waals surface area contributed by atoms with Crippen LogP contribution in [0.4, 0.5) is 10.1 Å². The summed E-state index contributed by atoms with van der Waals surface area (Å²) in [5.74, 6) is -0.306. The van der Waals surface area contributed by atoms with E-state index in [0.29, 0.717) is 23.3 Å². The van der Waals surface area contributed by atoms with E-state index in [-0.39, 0.29) is 11.9 Å². The summed E-state index contributed by atoms with van der Waals surface area (Å²) in [6.07, 6.45) is 6.86. The van der Waals surface area contributed by atoms with Crippen LogP contribution in [0.5, 0.6) is 0 Å². The molecule has 1 aliphatic heterocycles. The fraction of sp³-hybridized carbons (Fsp3) is 0.611. The van der Waals surface area contributed by atoms with Crippen molar-refractivity contribution in [2.45, 2.75) is 56.7 Å². The highest BCUT2D eigenvalue weighted by Crippen LogP contribution is 2.25. The number of halogens is 1. The second kappa shape index (κ2) is 7.29. The third-order valence-electron chi connectivity index (χ3n) is 5.11. The first-order valence-electron chi connectivity index (χ1n) is 8.63. The summed E-state index contributed by atoms with van der Waals surface area (Å²) in [5, 5.41) is 12.6. The molecule has 1 aromatic carbocycles. The number of rotatable bonds is 3. The smallest absolute Gasteiger partial charge is 0.147 e. The summed E-state index contributed by atoms with van der Waals surface area (Å²) >= 11 is 0. The third kappa shape index (κ3) is 3.82. The molecule has 124 valence electrons. The maximum Gasteiger partial charge on any atom is 0.147 e. The van der Waals surface area contributed by atoms with Crippen molar-refractivity contribution in [2.24, 2.45) is 5.73 Å². The lowest BCUT2D eigenvalue weighted by Gasteiger charge is -2.39. The predicted molar refractivity (Wildman–Crippen MR) is 89.7 cm³/mol. The Morgan fingerprint density at radius 2 is 2.04 bits per heavy atom. The van der Waals surface area contributed by atoms with Crippen LogP contribution in [0.3, 0.4) is 0 Å². The average molecular weight is 316 g/mol. The van der Waals surface area contributed by atoms with E-state index in [2.05, 4.69) is 10.2 Å². The minimum absolute atomic E-state index is 0.241. The Morgan fingerprint density at radius 3 is 2.78 bits per heavy atom. The summed E-state index contributed by atoms with van der Waals surface area (Å²) in [6.45, 7) is 1.66. The minimum Gasteiger partial charge on any atom is -0.368 e. The van der Waals surface area contributed by atoms with Crippen molar-refractivity contribution in [3.05, 3.63) is 29.6 Å². The van der Waals surface area contributed by atoms with Gasteiger partial charge < -0.3 is 16.0 Å². The first-order chi connectivity index (χ1) is 11.2. The average Bonchev–Trinajstić information content (AvgIpc) is 2.57. The van der Waals surface area contributed by atoms with Crippen LogP contribution in [0, 0.1) is 17.1 Å². The second-order valence-corrected chi connectivity index (χ2v) is 6.78. The van der Waals surface area contributed by atoms with Gasteiger partial charge >= 0.3 is 0 Å². The highest BCUT2D eigenvalue weighted by molar-refractivity contribution is 5.51. The zero-order valence-corrected chi connectivity index (χ0v) is 13.5. The number of nitrogens with two attached hydrogens (primary N) is 1. The van der Waals surface area contributed by atoms with Crippen molar-refractivity contribution in [3.63, 3.8) is 0 Å². The van der Waals surface area contributed by atoms with Crippen LogP contribution >= 0.6 is 0 Å². The van der Waals surface area contributed by atoms with Crippen LogP contribution in [-0.4, -0.2) is 31.2 Å². The van der Waals surface area contributed by atoms with Gasteiger partial charge in [0.25, 0.3) is 0 Å². The van der Waals surface area contributed by atoms with E-state index in [9.17, 15) is 4.39 Å².